The summed E-state index contributed by atoms with van der Waals surface area (Å²) >= 11 is 5.88. The van der Waals surface area contributed by atoms with E-state index < -0.39 is 0 Å². The van der Waals surface area contributed by atoms with E-state index in [2.05, 4.69) is 15.8 Å². The average molecular weight is 390 g/mol. The number of aromatic hydroxyl groups is 1. The van der Waals surface area contributed by atoms with Crippen LogP contribution in [0.15, 0.2) is 41.5 Å². The SMILES string of the molecule is COc1cc(/C=N/NC(=O)CCC(=O)Nc2ccc(Cl)cc2C)ccc1O. The molecule has 2 rings (SSSR count). The molecule has 0 aliphatic heterocycles. The van der Waals surface area contributed by atoms with Crippen LogP contribution in [0.3, 0.4) is 0 Å². The summed E-state index contributed by atoms with van der Waals surface area (Å²) in [6.45, 7) is 1.83. The number of nitrogens with zero attached hydrogens (tertiary/aromatic N) is 1. The van der Waals surface area contributed by atoms with Crippen molar-refractivity contribution in [3.8, 4) is 11.5 Å². The summed E-state index contributed by atoms with van der Waals surface area (Å²) in [6.07, 6.45) is 1.43. The molecule has 2 aromatic carbocycles. The van der Waals surface area contributed by atoms with Gasteiger partial charge in [0.05, 0.1) is 13.3 Å². The van der Waals surface area contributed by atoms with Crippen molar-refractivity contribution in [3.05, 3.63) is 52.5 Å². The van der Waals surface area contributed by atoms with E-state index in [1.165, 1.54) is 19.4 Å². The second kappa shape index (κ2) is 9.59. The molecule has 2 amide bonds. The number of anilines is 1. The van der Waals surface area contributed by atoms with Crippen LogP contribution in [0.1, 0.15) is 24.0 Å². The van der Waals surface area contributed by atoms with Gasteiger partial charge in [-0.2, -0.15) is 5.10 Å². The van der Waals surface area contributed by atoms with Crippen molar-refractivity contribution in [2.75, 3.05) is 12.4 Å². The Morgan fingerprint density at radius 1 is 1.19 bits per heavy atom. The maximum absolute atomic E-state index is 12.0. The molecular weight excluding hydrogens is 370 g/mol. The summed E-state index contributed by atoms with van der Waals surface area (Å²) < 4.78 is 4.99. The number of methoxy groups -OCH3 is 1. The number of aryl methyl sites for hydroxylation is 1. The molecule has 0 bridgehead atoms. The van der Waals surface area contributed by atoms with Gasteiger partial charge in [0.25, 0.3) is 0 Å². The van der Waals surface area contributed by atoms with E-state index in [-0.39, 0.29) is 30.4 Å². The van der Waals surface area contributed by atoms with Crippen LogP contribution in [0.2, 0.25) is 5.02 Å². The molecule has 0 fully saturated rings. The van der Waals surface area contributed by atoms with E-state index >= 15 is 0 Å². The van der Waals surface area contributed by atoms with Crippen molar-refractivity contribution in [1.29, 1.82) is 0 Å². The molecule has 3 N–H and O–H groups in total. The maximum atomic E-state index is 12.0. The number of hydrazone groups is 1. The van der Waals surface area contributed by atoms with Crippen molar-refractivity contribution in [3.63, 3.8) is 0 Å². The normalized spacial score (nSPS) is 10.6. The van der Waals surface area contributed by atoms with E-state index in [0.717, 1.165) is 5.56 Å². The Kier molecular flexibility index (Phi) is 7.19. The number of rotatable bonds is 7. The number of amides is 2. The number of ether oxygens (including phenoxy) is 1. The van der Waals surface area contributed by atoms with E-state index in [4.69, 9.17) is 16.3 Å². The molecule has 0 aliphatic carbocycles. The molecule has 2 aromatic rings. The van der Waals surface area contributed by atoms with Crippen LogP contribution in [-0.4, -0.2) is 30.2 Å². The minimum absolute atomic E-state index is 0.00525. The fourth-order valence-electron chi connectivity index (χ4n) is 2.22. The Morgan fingerprint density at radius 2 is 1.93 bits per heavy atom. The quantitative estimate of drug-likeness (QED) is 0.500. The van der Waals surface area contributed by atoms with E-state index in [1.54, 1.807) is 30.3 Å². The summed E-state index contributed by atoms with van der Waals surface area (Å²) in [4.78, 5) is 23.7. The van der Waals surface area contributed by atoms with Crippen LogP contribution in [-0.2, 0) is 9.59 Å². The van der Waals surface area contributed by atoms with Gasteiger partial charge in [-0.1, -0.05) is 11.6 Å². The summed E-state index contributed by atoms with van der Waals surface area (Å²) in [5.74, 6) is -0.345. The van der Waals surface area contributed by atoms with Crippen LogP contribution >= 0.6 is 11.6 Å². The second-order valence-corrected chi connectivity index (χ2v) is 6.17. The van der Waals surface area contributed by atoms with Crippen LogP contribution < -0.4 is 15.5 Å². The molecular formula is C19H20ClN3O4. The highest BCUT2D eigenvalue weighted by Crippen LogP contribution is 2.25. The Hall–Kier alpha value is -3.06. The predicted octanol–water partition coefficient (Wildman–Crippen LogP) is 3.23. The first-order valence-electron chi connectivity index (χ1n) is 8.14. The first-order valence-corrected chi connectivity index (χ1v) is 8.51. The van der Waals surface area contributed by atoms with Gasteiger partial charge in [0.15, 0.2) is 11.5 Å². The number of benzene rings is 2. The average Bonchev–Trinajstić information content (AvgIpc) is 2.63. The molecule has 7 nitrogen and oxygen atoms in total. The van der Waals surface area contributed by atoms with Crippen LogP contribution in [0.4, 0.5) is 5.69 Å². The summed E-state index contributed by atoms with van der Waals surface area (Å²) in [5, 5.41) is 16.7. The Bertz CT molecular complexity index is 868. The molecule has 0 unspecified atom stereocenters. The van der Waals surface area contributed by atoms with Gasteiger partial charge < -0.3 is 15.2 Å². The highest BCUT2D eigenvalue weighted by molar-refractivity contribution is 6.30. The standard InChI is InChI=1S/C19H20ClN3O4/c1-12-9-14(20)4-5-15(12)22-18(25)7-8-19(26)23-21-11-13-3-6-16(24)17(10-13)27-2/h3-6,9-11,24H,7-8H2,1-2H3,(H,22,25)(H,23,26)/b21-11+. The molecule has 27 heavy (non-hydrogen) atoms. The molecule has 0 atom stereocenters. The zero-order valence-electron chi connectivity index (χ0n) is 15.0. The summed E-state index contributed by atoms with van der Waals surface area (Å²) in [5.41, 5.74) is 4.49. The van der Waals surface area contributed by atoms with Gasteiger partial charge in [-0.25, -0.2) is 5.43 Å². The van der Waals surface area contributed by atoms with Crippen molar-refractivity contribution in [2.24, 2.45) is 5.10 Å². The first kappa shape index (κ1) is 20.3. The third kappa shape index (κ3) is 6.31. The lowest BCUT2D eigenvalue weighted by Gasteiger charge is -2.08. The number of hydrogen-bond donors (Lipinski definition) is 3. The lowest BCUT2D eigenvalue weighted by Crippen LogP contribution is -2.20. The lowest BCUT2D eigenvalue weighted by atomic mass is 10.2. The largest absolute Gasteiger partial charge is 0.504 e. The molecule has 0 saturated carbocycles. The van der Waals surface area contributed by atoms with Gasteiger partial charge in [0.2, 0.25) is 11.8 Å². The second-order valence-electron chi connectivity index (χ2n) is 5.73. The summed E-state index contributed by atoms with van der Waals surface area (Å²) in [6, 6.07) is 9.81. The topological polar surface area (TPSA) is 100 Å². The molecule has 0 aliphatic rings. The van der Waals surface area contributed by atoms with E-state index in [1.807, 2.05) is 6.92 Å². The molecule has 0 aromatic heterocycles. The minimum Gasteiger partial charge on any atom is -0.504 e. The fourth-order valence-corrected chi connectivity index (χ4v) is 2.44. The molecule has 0 spiro atoms. The Balaban J connectivity index is 1.79. The molecule has 0 heterocycles. The van der Waals surface area contributed by atoms with Crippen LogP contribution in [0.5, 0.6) is 11.5 Å². The lowest BCUT2D eigenvalue weighted by molar-refractivity contribution is -0.124. The van der Waals surface area contributed by atoms with Gasteiger partial charge in [-0.3, -0.25) is 9.59 Å². The molecule has 142 valence electrons. The minimum atomic E-state index is -0.389. The number of nitrogens with one attached hydrogen (secondary N) is 2. The molecule has 0 radical (unpaired) electrons. The zero-order chi connectivity index (χ0) is 19.8. The van der Waals surface area contributed by atoms with Crippen molar-refractivity contribution in [1.82, 2.24) is 5.43 Å². The van der Waals surface area contributed by atoms with Crippen molar-refractivity contribution < 1.29 is 19.4 Å². The van der Waals surface area contributed by atoms with E-state index in [9.17, 15) is 14.7 Å². The van der Waals surface area contributed by atoms with Gasteiger partial charge >= 0.3 is 0 Å². The number of phenols is 1. The number of phenolic OH excluding ortho intramolecular Hbond substituents is 1. The third-order valence-electron chi connectivity index (χ3n) is 3.65. The highest BCUT2D eigenvalue weighted by atomic mass is 35.5. The summed E-state index contributed by atoms with van der Waals surface area (Å²) in [7, 11) is 1.44. The number of hydrogen-bond acceptors (Lipinski definition) is 5. The number of halogens is 1. The first-order chi connectivity index (χ1) is 12.9. The van der Waals surface area contributed by atoms with Crippen LogP contribution in [0, 0.1) is 6.92 Å². The number of carbonyl (C=O) groups excluding carboxylic acids is 2. The van der Waals surface area contributed by atoms with Crippen LogP contribution in [0.25, 0.3) is 0 Å². The molecule has 8 heteroatoms. The third-order valence-corrected chi connectivity index (χ3v) is 3.88. The van der Waals surface area contributed by atoms with Crippen molar-refractivity contribution in [2.45, 2.75) is 19.8 Å². The van der Waals surface area contributed by atoms with Crippen molar-refractivity contribution >= 4 is 35.3 Å². The predicted molar refractivity (Wildman–Crippen MR) is 104 cm³/mol. The monoisotopic (exact) mass is 389 g/mol. The van der Waals surface area contributed by atoms with Gasteiger partial charge in [0, 0.05) is 23.6 Å². The zero-order valence-corrected chi connectivity index (χ0v) is 15.7. The smallest absolute Gasteiger partial charge is 0.240 e. The fraction of sp³-hybridized carbons (Fsp3) is 0.211. The van der Waals surface area contributed by atoms with E-state index in [0.29, 0.717) is 22.0 Å². The van der Waals surface area contributed by atoms with Gasteiger partial charge in [-0.15, -0.1) is 0 Å². The van der Waals surface area contributed by atoms with Gasteiger partial charge in [0.1, 0.15) is 0 Å². The number of carbonyl (C=O) groups is 2. The van der Waals surface area contributed by atoms with Gasteiger partial charge in [-0.05, 0) is 54.4 Å². The molecule has 0 saturated heterocycles. The Morgan fingerprint density at radius 3 is 2.63 bits per heavy atom. The highest BCUT2D eigenvalue weighted by Gasteiger charge is 2.08. The maximum Gasteiger partial charge on any atom is 0.240 e. The Labute approximate surface area is 162 Å².